The fraction of sp³-hybridized carbons (Fsp3) is 0.667. The fourth-order valence-corrected chi connectivity index (χ4v) is 4.63. The van der Waals surface area contributed by atoms with Gasteiger partial charge in [0.1, 0.15) is 11.5 Å². The van der Waals surface area contributed by atoms with Crippen molar-refractivity contribution in [3.63, 3.8) is 0 Å². The molecule has 0 N–H and O–H groups in total. The predicted octanol–water partition coefficient (Wildman–Crippen LogP) is 2.93. The number of benzene rings is 1. The van der Waals surface area contributed by atoms with E-state index in [0.717, 1.165) is 69.4 Å². The van der Waals surface area contributed by atoms with Gasteiger partial charge in [-0.15, -0.1) is 0 Å². The van der Waals surface area contributed by atoms with Crippen LogP contribution in [-0.4, -0.2) is 56.1 Å². The third-order valence-corrected chi connectivity index (χ3v) is 6.25. The second-order valence-corrected chi connectivity index (χ2v) is 8.26. The minimum Gasteiger partial charge on any atom is -0.497 e. The molecule has 0 aromatic heterocycles. The minimum absolute atomic E-state index is 0.143. The third-order valence-electron chi connectivity index (χ3n) is 6.25. The Morgan fingerprint density at radius 3 is 2.46 bits per heavy atom. The van der Waals surface area contributed by atoms with Crippen LogP contribution in [0.2, 0.25) is 0 Å². The first-order valence-electron chi connectivity index (χ1n) is 9.85. The topological polar surface area (TPSA) is 42.0 Å². The molecule has 2 aliphatic heterocycles. The van der Waals surface area contributed by atoms with Gasteiger partial charge in [-0.25, -0.2) is 0 Å². The van der Waals surface area contributed by atoms with Crippen molar-refractivity contribution in [2.45, 2.75) is 38.6 Å². The van der Waals surface area contributed by atoms with E-state index in [-0.39, 0.29) is 5.41 Å². The molecule has 1 aromatic carbocycles. The number of hydrogen-bond acceptors (Lipinski definition) is 4. The first kappa shape index (κ1) is 17.7. The number of methoxy groups -OCH3 is 2. The van der Waals surface area contributed by atoms with E-state index in [1.54, 1.807) is 14.2 Å². The maximum absolute atomic E-state index is 13.2. The van der Waals surface area contributed by atoms with Crippen LogP contribution in [0, 0.1) is 11.3 Å². The average molecular weight is 358 g/mol. The lowest BCUT2D eigenvalue weighted by Gasteiger charge is -2.39. The van der Waals surface area contributed by atoms with Crippen LogP contribution in [0.1, 0.15) is 37.7 Å². The molecule has 0 bridgehead atoms. The Balaban J connectivity index is 1.43. The molecule has 1 saturated carbocycles. The third kappa shape index (κ3) is 3.54. The summed E-state index contributed by atoms with van der Waals surface area (Å²) in [5.74, 6) is 2.83. The Kier molecular flexibility index (Phi) is 4.82. The van der Waals surface area contributed by atoms with Crippen molar-refractivity contribution in [1.29, 1.82) is 0 Å². The molecular formula is C21H30N2O3. The summed E-state index contributed by atoms with van der Waals surface area (Å²) in [5, 5.41) is 0. The van der Waals surface area contributed by atoms with Gasteiger partial charge in [-0.05, 0) is 62.3 Å². The van der Waals surface area contributed by atoms with Gasteiger partial charge < -0.3 is 14.4 Å². The molecule has 5 heteroatoms. The smallest absolute Gasteiger partial charge is 0.230 e. The van der Waals surface area contributed by atoms with E-state index in [1.807, 2.05) is 6.07 Å². The maximum Gasteiger partial charge on any atom is 0.230 e. The molecule has 5 nitrogen and oxygen atoms in total. The number of nitrogens with zero attached hydrogens (tertiary/aromatic N) is 2. The highest BCUT2D eigenvalue weighted by molar-refractivity contribution is 5.84. The molecule has 3 fully saturated rings. The molecular weight excluding hydrogens is 328 g/mol. The van der Waals surface area contributed by atoms with Crippen LogP contribution in [0.25, 0.3) is 0 Å². The highest BCUT2D eigenvalue weighted by Gasteiger charge is 2.48. The normalized spacial score (nSPS) is 26.5. The van der Waals surface area contributed by atoms with Crippen LogP contribution in [0.4, 0.5) is 0 Å². The van der Waals surface area contributed by atoms with Crippen molar-refractivity contribution < 1.29 is 14.3 Å². The van der Waals surface area contributed by atoms with E-state index in [1.165, 1.54) is 18.4 Å². The highest BCUT2D eigenvalue weighted by Crippen LogP contribution is 2.42. The lowest BCUT2D eigenvalue weighted by Crippen LogP contribution is -2.50. The predicted molar refractivity (Wildman–Crippen MR) is 100 cm³/mol. The van der Waals surface area contributed by atoms with Crippen LogP contribution >= 0.6 is 0 Å². The summed E-state index contributed by atoms with van der Waals surface area (Å²) in [4.78, 5) is 17.8. The summed E-state index contributed by atoms with van der Waals surface area (Å²) >= 11 is 0. The molecule has 3 aliphatic rings. The number of ether oxygens (including phenoxy) is 2. The first-order valence-corrected chi connectivity index (χ1v) is 9.85. The van der Waals surface area contributed by atoms with Crippen LogP contribution < -0.4 is 9.47 Å². The molecule has 142 valence electrons. The van der Waals surface area contributed by atoms with Gasteiger partial charge in [-0.2, -0.15) is 0 Å². The highest BCUT2D eigenvalue weighted by atomic mass is 16.5. The molecule has 2 heterocycles. The molecule has 26 heavy (non-hydrogen) atoms. The molecule has 2 saturated heterocycles. The van der Waals surface area contributed by atoms with Gasteiger partial charge in [0.15, 0.2) is 0 Å². The zero-order chi connectivity index (χ0) is 18.1. The average Bonchev–Trinajstić information content (AvgIpc) is 3.39. The summed E-state index contributed by atoms with van der Waals surface area (Å²) in [5.41, 5.74) is 1.03. The van der Waals surface area contributed by atoms with Gasteiger partial charge >= 0.3 is 0 Å². The monoisotopic (exact) mass is 358 g/mol. The summed E-state index contributed by atoms with van der Waals surface area (Å²) in [6.45, 7) is 4.66. The van der Waals surface area contributed by atoms with Crippen LogP contribution in [0.5, 0.6) is 11.5 Å². The number of piperidine rings is 1. The van der Waals surface area contributed by atoms with Crippen molar-refractivity contribution in [3.05, 3.63) is 23.8 Å². The van der Waals surface area contributed by atoms with Crippen molar-refractivity contribution in [1.82, 2.24) is 9.80 Å². The second kappa shape index (κ2) is 7.10. The SMILES string of the molecule is COc1cc(CN2CCC3(CCCN(CC4CC4)C3=O)C2)cc(OC)c1. The molecule has 1 spiro atoms. The number of amides is 1. The van der Waals surface area contributed by atoms with Gasteiger partial charge in [0, 0.05) is 32.2 Å². The Labute approximate surface area is 156 Å². The molecule has 1 aromatic rings. The van der Waals surface area contributed by atoms with Gasteiger partial charge in [0.05, 0.1) is 19.6 Å². The Bertz CT molecular complexity index is 651. The summed E-state index contributed by atoms with van der Waals surface area (Å²) in [6, 6.07) is 6.03. The van der Waals surface area contributed by atoms with Crippen LogP contribution in [0.15, 0.2) is 18.2 Å². The molecule has 1 atom stereocenters. The second-order valence-electron chi connectivity index (χ2n) is 8.26. The van der Waals surface area contributed by atoms with E-state index in [4.69, 9.17) is 9.47 Å². The number of hydrogen-bond donors (Lipinski definition) is 0. The maximum atomic E-state index is 13.2. The van der Waals surface area contributed by atoms with E-state index in [2.05, 4.69) is 21.9 Å². The standard InChI is InChI=1S/C21H30N2O3/c1-25-18-10-17(11-19(12-18)26-2)13-22-9-7-21(15-22)6-3-8-23(20(21)24)14-16-4-5-16/h10-12,16H,3-9,13-15H2,1-2H3. The van der Waals surface area contributed by atoms with E-state index in [9.17, 15) is 4.79 Å². The minimum atomic E-state index is -0.143. The molecule has 0 radical (unpaired) electrons. The Hall–Kier alpha value is -1.75. The van der Waals surface area contributed by atoms with Crippen molar-refractivity contribution in [2.24, 2.45) is 11.3 Å². The Morgan fingerprint density at radius 1 is 1.08 bits per heavy atom. The summed E-state index contributed by atoms with van der Waals surface area (Å²) in [6.07, 6.45) is 5.81. The van der Waals surface area contributed by atoms with Crippen molar-refractivity contribution in [2.75, 3.05) is 40.4 Å². The fourth-order valence-electron chi connectivity index (χ4n) is 4.63. The van der Waals surface area contributed by atoms with Gasteiger partial charge in [-0.1, -0.05) is 0 Å². The van der Waals surface area contributed by atoms with Crippen LogP contribution in [-0.2, 0) is 11.3 Å². The lowest BCUT2D eigenvalue weighted by molar-refractivity contribution is -0.145. The largest absolute Gasteiger partial charge is 0.497 e. The van der Waals surface area contributed by atoms with E-state index in [0.29, 0.717) is 5.91 Å². The molecule has 1 unspecified atom stereocenters. The quantitative estimate of drug-likeness (QED) is 0.784. The van der Waals surface area contributed by atoms with Gasteiger partial charge in [-0.3, -0.25) is 9.69 Å². The number of rotatable bonds is 6. The van der Waals surface area contributed by atoms with Crippen molar-refractivity contribution >= 4 is 5.91 Å². The Morgan fingerprint density at radius 2 is 1.81 bits per heavy atom. The zero-order valence-electron chi connectivity index (χ0n) is 16.0. The summed E-state index contributed by atoms with van der Waals surface area (Å²) in [7, 11) is 3.36. The van der Waals surface area contributed by atoms with Gasteiger partial charge in [0.2, 0.25) is 5.91 Å². The number of carbonyl (C=O) groups excluding carboxylic acids is 1. The summed E-state index contributed by atoms with van der Waals surface area (Å²) < 4.78 is 10.8. The molecule has 1 aliphatic carbocycles. The molecule has 1 amide bonds. The number of carbonyl (C=O) groups is 1. The lowest BCUT2D eigenvalue weighted by atomic mass is 9.78. The van der Waals surface area contributed by atoms with Gasteiger partial charge in [0.25, 0.3) is 0 Å². The van der Waals surface area contributed by atoms with Crippen molar-refractivity contribution in [3.8, 4) is 11.5 Å². The number of likely N-dealkylation sites (tertiary alicyclic amines) is 2. The zero-order valence-corrected chi connectivity index (χ0v) is 16.0. The molecule has 4 rings (SSSR count). The van der Waals surface area contributed by atoms with Crippen LogP contribution in [0.3, 0.4) is 0 Å². The van der Waals surface area contributed by atoms with E-state index >= 15 is 0 Å². The first-order chi connectivity index (χ1) is 12.6. The van der Waals surface area contributed by atoms with E-state index < -0.39 is 0 Å².